The highest BCUT2D eigenvalue weighted by Crippen LogP contribution is 2.28. The van der Waals surface area contributed by atoms with E-state index < -0.39 is 0 Å². The fraction of sp³-hybridized carbons (Fsp3) is 0.600. The number of hydrogen-bond acceptors (Lipinski definition) is 5. The second kappa shape index (κ2) is 10.4. The number of rotatable bonds is 9. The van der Waals surface area contributed by atoms with E-state index in [1.165, 1.54) is 0 Å². The van der Waals surface area contributed by atoms with E-state index in [1.54, 1.807) is 7.11 Å². The number of hydrogen-bond donors (Lipinski definition) is 0. The van der Waals surface area contributed by atoms with Gasteiger partial charge in [-0.3, -0.25) is 4.90 Å². The minimum Gasteiger partial charge on any atom is -0.493 e. The third-order valence-electron chi connectivity index (χ3n) is 4.08. The summed E-state index contributed by atoms with van der Waals surface area (Å²) in [6.45, 7) is 10.9. The first-order valence-corrected chi connectivity index (χ1v) is 9.01. The van der Waals surface area contributed by atoms with Gasteiger partial charge in [-0.25, -0.2) is 0 Å². The summed E-state index contributed by atoms with van der Waals surface area (Å²) in [4.78, 5) is 2.39. The third kappa shape index (κ3) is 6.69. The summed E-state index contributed by atoms with van der Waals surface area (Å²) in [5.74, 6) is 1.49. The van der Waals surface area contributed by atoms with Gasteiger partial charge in [0.1, 0.15) is 6.61 Å². The van der Waals surface area contributed by atoms with E-state index in [1.807, 2.05) is 37.3 Å². The molecule has 1 aliphatic rings. The molecule has 0 aliphatic carbocycles. The molecule has 1 heterocycles. The maximum atomic E-state index is 5.78. The van der Waals surface area contributed by atoms with E-state index in [9.17, 15) is 0 Å². The van der Waals surface area contributed by atoms with Crippen molar-refractivity contribution in [1.82, 2.24) is 4.90 Å². The maximum Gasteiger partial charge on any atom is 0.161 e. The first kappa shape index (κ1) is 19.8. The average molecular weight is 349 g/mol. The molecule has 0 saturated carbocycles. The summed E-state index contributed by atoms with van der Waals surface area (Å²) in [5.41, 5.74) is 1.09. The predicted molar refractivity (Wildman–Crippen MR) is 100 cm³/mol. The highest BCUT2D eigenvalue weighted by molar-refractivity contribution is 5.55. The number of nitrogens with zero attached hydrogens (tertiary/aromatic N) is 1. The predicted octanol–water partition coefficient (Wildman–Crippen LogP) is 3.23. The van der Waals surface area contributed by atoms with Crippen LogP contribution in [0.4, 0.5) is 0 Å². The van der Waals surface area contributed by atoms with Gasteiger partial charge in [0, 0.05) is 19.6 Å². The summed E-state index contributed by atoms with van der Waals surface area (Å²) in [5, 5.41) is 0. The third-order valence-corrected chi connectivity index (χ3v) is 4.08. The molecule has 0 bridgehead atoms. The number of allylic oxidation sites excluding steroid dienone is 1. The lowest BCUT2D eigenvalue weighted by Crippen LogP contribution is -2.46. The van der Waals surface area contributed by atoms with Crippen molar-refractivity contribution in [3.63, 3.8) is 0 Å². The van der Waals surface area contributed by atoms with Crippen LogP contribution >= 0.6 is 0 Å². The molecule has 0 aromatic heterocycles. The molecular formula is C20H31NO4. The summed E-state index contributed by atoms with van der Waals surface area (Å²) in [6.07, 6.45) is 4.62. The van der Waals surface area contributed by atoms with E-state index >= 15 is 0 Å². The Morgan fingerprint density at radius 3 is 2.56 bits per heavy atom. The highest BCUT2D eigenvalue weighted by atomic mass is 16.5. The van der Waals surface area contributed by atoms with Crippen LogP contribution in [0.5, 0.6) is 11.5 Å². The zero-order chi connectivity index (χ0) is 18.1. The van der Waals surface area contributed by atoms with Gasteiger partial charge in [0.25, 0.3) is 0 Å². The molecule has 5 heteroatoms. The first-order chi connectivity index (χ1) is 12.1. The molecule has 25 heavy (non-hydrogen) atoms. The van der Waals surface area contributed by atoms with Crippen LogP contribution in [0.2, 0.25) is 0 Å². The van der Waals surface area contributed by atoms with Crippen LogP contribution in [-0.2, 0) is 9.47 Å². The Morgan fingerprint density at radius 1 is 1.12 bits per heavy atom. The monoisotopic (exact) mass is 349 g/mol. The van der Waals surface area contributed by atoms with Gasteiger partial charge < -0.3 is 18.9 Å². The second-order valence-electron chi connectivity index (χ2n) is 6.39. The van der Waals surface area contributed by atoms with Crippen LogP contribution in [0.15, 0.2) is 24.3 Å². The molecule has 0 spiro atoms. The summed E-state index contributed by atoms with van der Waals surface area (Å²) in [7, 11) is 1.66. The standard InChI is InChI=1S/C20H31NO4/c1-5-6-18-7-8-19(20(13-18)22-4)24-12-11-23-10-9-21-14-16(2)25-17(3)15-21/h5-8,13,16-17H,9-12,14-15H2,1-4H3/b6-5+/t16-,17-/m1/s1. The molecule has 0 unspecified atom stereocenters. The lowest BCUT2D eigenvalue weighted by Gasteiger charge is -2.35. The molecule has 1 fully saturated rings. The topological polar surface area (TPSA) is 40.2 Å². The van der Waals surface area contributed by atoms with Crippen molar-refractivity contribution in [2.24, 2.45) is 0 Å². The quantitative estimate of drug-likeness (QED) is 0.640. The SMILES string of the molecule is C/C=C/c1ccc(OCCOCCN2C[C@@H](C)O[C@H](C)C2)c(OC)c1. The first-order valence-electron chi connectivity index (χ1n) is 9.01. The average Bonchev–Trinajstić information content (AvgIpc) is 2.58. The van der Waals surface area contributed by atoms with Crippen molar-refractivity contribution in [1.29, 1.82) is 0 Å². The summed E-state index contributed by atoms with van der Waals surface area (Å²) >= 11 is 0. The molecule has 1 saturated heterocycles. The molecule has 0 radical (unpaired) electrons. The number of ether oxygens (including phenoxy) is 4. The lowest BCUT2D eigenvalue weighted by molar-refractivity contribution is -0.0734. The Kier molecular flexibility index (Phi) is 8.25. The molecule has 2 rings (SSSR count). The second-order valence-corrected chi connectivity index (χ2v) is 6.39. The fourth-order valence-corrected chi connectivity index (χ4v) is 3.07. The van der Waals surface area contributed by atoms with E-state index in [2.05, 4.69) is 18.7 Å². The van der Waals surface area contributed by atoms with Crippen LogP contribution in [0.3, 0.4) is 0 Å². The van der Waals surface area contributed by atoms with Crippen LogP contribution in [-0.4, -0.2) is 63.7 Å². The van der Waals surface area contributed by atoms with Gasteiger partial charge in [-0.2, -0.15) is 0 Å². The van der Waals surface area contributed by atoms with Gasteiger partial charge in [0.05, 0.1) is 32.5 Å². The lowest BCUT2D eigenvalue weighted by atomic mass is 10.2. The van der Waals surface area contributed by atoms with Gasteiger partial charge in [-0.05, 0) is 38.5 Å². The molecular weight excluding hydrogens is 318 g/mol. The summed E-state index contributed by atoms with van der Waals surface area (Å²) in [6, 6.07) is 5.92. The summed E-state index contributed by atoms with van der Waals surface area (Å²) < 4.78 is 22.6. The number of benzene rings is 1. The van der Waals surface area contributed by atoms with Gasteiger partial charge in [-0.15, -0.1) is 0 Å². The zero-order valence-corrected chi connectivity index (χ0v) is 15.9. The van der Waals surface area contributed by atoms with Crippen molar-refractivity contribution < 1.29 is 18.9 Å². The highest BCUT2D eigenvalue weighted by Gasteiger charge is 2.21. The van der Waals surface area contributed by atoms with Gasteiger partial charge in [-0.1, -0.05) is 18.2 Å². The van der Waals surface area contributed by atoms with Crippen LogP contribution < -0.4 is 9.47 Å². The Balaban J connectivity index is 1.66. The Labute approximate surface area is 151 Å². The molecule has 1 aromatic rings. The molecule has 1 aliphatic heterocycles. The van der Waals surface area contributed by atoms with Gasteiger partial charge >= 0.3 is 0 Å². The van der Waals surface area contributed by atoms with Crippen molar-refractivity contribution in [2.45, 2.75) is 33.0 Å². The number of methoxy groups -OCH3 is 1. The molecule has 1 aromatic carbocycles. The van der Waals surface area contributed by atoms with Gasteiger partial charge in [0.15, 0.2) is 11.5 Å². The molecule has 0 amide bonds. The Bertz CT molecular complexity index is 536. The van der Waals surface area contributed by atoms with E-state index in [0.717, 1.165) is 36.7 Å². The van der Waals surface area contributed by atoms with E-state index in [4.69, 9.17) is 18.9 Å². The van der Waals surface area contributed by atoms with Crippen LogP contribution in [0.25, 0.3) is 6.08 Å². The zero-order valence-electron chi connectivity index (χ0n) is 15.9. The van der Waals surface area contributed by atoms with Crippen molar-refractivity contribution in [3.05, 3.63) is 29.8 Å². The molecule has 5 nitrogen and oxygen atoms in total. The minimum atomic E-state index is 0.296. The smallest absolute Gasteiger partial charge is 0.161 e. The fourth-order valence-electron chi connectivity index (χ4n) is 3.07. The maximum absolute atomic E-state index is 5.78. The van der Waals surface area contributed by atoms with Crippen LogP contribution in [0, 0.1) is 0 Å². The van der Waals surface area contributed by atoms with Crippen molar-refractivity contribution >= 4 is 6.08 Å². The Hall–Kier alpha value is -1.56. The Morgan fingerprint density at radius 2 is 1.88 bits per heavy atom. The van der Waals surface area contributed by atoms with Crippen LogP contribution in [0.1, 0.15) is 26.3 Å². The molecule has 0 N–H and O–H groups in total. The van der Waals surface area contributed by atoms with Crippen molar-refractivity contribution in [2.75, 3.05) is 46.6 Å². The largest absolute Gasteiger partial charge is 0.493 e. The van der Waals surface area contributed by atoms with E-state index in [-0.39, 0.29) is 0 Å². The van der Waals surface area contributed by atoms with E-state index in [0.29, 0.717) is 32.0 Å². The normalized spacial score (nSPS) is 21.6. The van der Waals surface area contributed by atoms with Gasteiger partial charge in [0.2, 0.25) is 0 Å². The molecule has 140 valence electrons. The molecule has 2 atom stereocenters. The van der Waals surface area contributed by atoms with Crippen molar-refractivity contribution in [3.8, 4) is 11.5 Å². The number of morpholine rings is 1. The minimum absolute atomic E-state index is 0.296.